The molecule has 0 radical (unpaired) electrons. The Labute approximate surface area is 360 Å². The summed E-state index contributed by atoms with van der Waals surface area (Å²) in [6, 6.07) is 65.3. The van der Waals surface area contributed by atoms with Crippen LogP contribution in [0.5, 0.6) is 0 Å². The van der Waals surface area contributed by atoms with Crippen LogP contribution >= 0.6 is 11.3 Å². The Balaban J connectivity index is 1.06. The Morgan fingerprint density at radius 2 is 1.15 bits per heavy atom. The largest absolute Gasteiger partial charge is 0.456 e. The number of benzene rings is 9. The van der Waals surface area contributed by atoms with Crippen molar-refractivity contribution in [3.05, 3.63) is 205 Å². The van der Waals surface area contributed by atoms with Crippen molar-refractivity contribution in [2.24, 2.45) is 15.0 Å². The van der Waals surface area contributed by atoms with E-state index < -0.39 is 0 Å². The number of para-hydroxylation sites is 1. The number of thiophene rings is 1. The molecule has 0 spiro atoms. The van der Waals surface area contributed by atoms with Crippen LogP contribution in [-0.2, 0) is 6.54 Å². The van der Waals surface area contributed by atoms with Gasteiger partial charge in [0.2, 0.25) is 0 Å². The van der Waals surface area contributed by atoms with Gasteiger partial charge in [0.05, 0.1) is 6.54 Å². The van der Waals surface area contributed by atoms with Gasteiger partial charge < -0.3 is 8.83 Å². The molecule has 0 fully saturated rings. The topological polar surface area (TPSA) is 63.4 Å². The van der Waals surface area contributed by atoms with Gasteiger partial charge >= 0.3 is 0 Å². The number of fused-ring (bicyclic) bond motifs is 11. The van der Waals surface area contributed by atoms with Gasteiger partial charge in [0.1, 0.15) is 22.3 Å². The van der Waals surface area contributed by atoms with Crippen LogP contribution in [0.25, 0.3) is 97.1 Å². The van der Waals surface area contributed by atoms with Gasteiger partial charge in [-0.05, 0) is 75.6 Å². The summed E-state index contributed by atoms with van der Waals surface area (Å²) in [4.78, 5) is 15.1. The molecule has 292 valence electrons. The first-order chi connectivity index (χ1) is 30.7. The van der Waals surface area contributed by atoms with Crippen LogP contribution in [0.15, 0.2) is 212 Å². The number of rotatable bonds is 6. The first kappa shape index (κ1) is 36.0. The molecule has 3 aromatic heterocycles. The molecule has 0 amide bonds. The van der Waals surface area contributed by atoms with Crippen molar-refractivity contribution in [2.75, 3.05) is 0 Å². The summed E-state index contributed by atoms with van der Waals surface area (Å²) in [7, 11) is 0. The lowest BCUT2D eigenvalue weighted by atomic mass is 9.93. The van der Waals surface area contributed by atoms with E-state index in [1.54, 1.807) is 0 Å². The Kier molecular flexibility index (Phi) is 8.50. The van der Waals surface area contributed by atoms with Crippen molar-refractivity contribution in [2.45, 2.75) is 6.54 Å². The summed E-state index contributed by atoms with van der Waals surface area (Å²) in [5.41, 5.74) is 10.4. The molecule has 0 aliphatic carbocycles. The zero-order chi connectivity index (χ0) is 41.1. The average molecular weight is 814 g/mol. The summed E-state index contributed by atoms with van der Waals surface area (Å²) >= 11 is 1.85. The van der Waals surface area contributed by atoms with Crippen LogP contribution in [0.1, 0.15) is 16.7 Å². The van der Waals surface area contributed by atoms with E-state index in [9.17, 15) is 0 Å². The first-order valence-corrected chi connectivity index (χ1v) is 21.4. The maximum Gasteiger partial charge on any atom is 0.161 e. The van der Waals surface area contributed by atoms with E-state index in [1.807, 2.05) is 72.0 Å². The van der Waals surface area contributed by atoms with Crippen molar-refractivity contribution in [3.63, 3.8) is 0 Å². The second kappa shape index (κ2) is 14.7. The molecule has 0 N–H and O–H groups in total. The quantitative estimate of drug-likeness (QED) is 0.124. The second-order valence-electron chi connectivity index (χ2n) is 15.5. The molecule has 0 unspecified atom stereocenters. The van der Waals surface area contributed by atoms with E-state index in [4.69, 9.17) is 18.8 Å². The van der Waals surface area contributed by atoms with Gasteiger partial charge in [-0.25, -0.2) is 9.98 Å². The monoisotopic (exact) mass is 813 g/mol. The average Bonchev–Trinajstić information content (AvgIpc) is 4.03. The van der Waals surface area contributed by atoms with Crippen molar-refractivity contribution < 1.29 is 8.83 Å². The number of nitrogens with zero attached hydrogens (tertiary/aromatic N) is 3. The van der Waals surface area contributed by atoms with Crippen LogP contribution < -0.4 is 0 Å². The smallest absolute Gasteiger partial charge is 0.161 e. The summed E-state index contributed by atoms with van der Waals surface area (Å²) in [5.74, 6) is 1.00. The Bertz CT molecular complexity index is 3800. The van der Waals surface area contributed by atoms with Gasteiger partial charge in [0.15, 0.2) is 11.7 Å². The number of hydrogen-bond acceptors (Lipinski definition) is 4. The fraction of sp³-hybridized carbons (Fsp3) is 0.0179. The molecule has 62 heavy (non-hydrogen) atoms. The maximum absolute atomic E-state index is 6.71. The molecular weight excluding hydrogens is 779 g/mol. The van der Waals surface area contributed by atoms with E-state index in [-0.39, 0.29) is 0 Å². The summed E-state index contributed by atoms with van der Waals surface area (Å²) in [6.07, 6.45) is 0. The molecule has 0 saturated heterocycles. The maximum atomic E-state index is 6.71. The first-order valence-electron chi connectivity index (χ1n) is 20.6. The van der Waals surface area contributed by atoms with E-state index in [0.29, 0.717) is 18.2 Å². The Morgan fingerprint density at radius 1 is 0.484 bits per heavy atom. The van der Waals surface area contributed by atoms with Crippen molar-refractivity contribution in [3.8, 4) is 22.3 Å². The molecular formula is C56H35N3O2S. The molecule has 3 heterocycles. The van der Waals surface area contributed by atoms with Crippen LogP contribution in [0.3, 0.4) is 0 Å². The van der Waals surface area contributed by atoms with E-state index in [0.717, 1.165) is 82.8 Å². The minimum atomic E-state index is 0.358. The molecule has 0 atom stereocenters. The number of hydrogen-bond donors (Lipinski definition) is 0. The van der Waals surface area contributed by atoms with Crippen molar-refractivity contribution >= 4 is 105 Å². The minimum Gasteiger partial charge on any atom is -0.456 e. The predicted molar refractivity (Wildman–Crippen MR) is 261 cm³/mol. The molecule has 0 aliphatic rings. The van der Waals surface area contributed by atoms with Gasteiger partial charge in [-0.15, -0.1) is 11.3 Å². The summed E-state index contributed by atoms with van der Waals surface area (Å²) < 4.78 is 15.5. The van der Waals surface area contributed by atoms with Gasteiger partial charge in [-0.2, -0.15) is 0 Å². The molecule has 0 bridgehead atoms. The molecule has 12 rings (SSSR count). The van der Waals surface area contributed by atoms with Gasteiger partial charge in [0.25, 0.3) is 0 Å². The van der Waals surface area contributed by atoms with E-state index in [1.165, 1.54) is 30.9 Å². The normalized spacial score (nSPS) is 12.5. The highest BCUT2D eigenvalue weighted by Crippen LogP contribution is 2.46. The highest BCUT2D eigenvalue weighted by molar-refractivity contribution is 7.26. The van der Waals surface area contributed by atoms with Crippen molar-refractivity contribution in [1.29, 1.82) is 0 Å². The summed E-state index contributed by atoms with van der Waals surface area (Å²) in [6.45, 7) is 4.35. The lowest BCUT2D eigenvalue weighted by molar-refractivity contribution is 0.668. The fourth-order valence-electron chi connectivity index (χ4n) is 9.01. The number of aliphatic imine (C=N–C) groups is 3. The van der Waals surface area contributed by atoms with Crippen LogP contribution in [0.4, 0.5) is 0 Å². The SMILES string of the molecule is C=N/C(=N\C(=N/Cc1ccc2c(c1)oc1ccccc12)c1cccc2oc3cccc(-c4cccc5sc6c7ccccc7ccc6c45)c3c12)c1ccc(-c2ccccc2)cc1. The number of furan rings is 2. The lowest BCUT2D eigenvalue weighted by Gasteiger charge is -2.10. The third-order valence-corrected chi connectivity index (χ3v) is 13.1. The molecule has 9 aromatic carbocycles. The lowest BCUT2D eigenvalue weighted by Crippen LogP contribution is -2.06. The number of amidine groups is 2. The zero-order valence-electron chi connectivity index (χ0n) is 33.4. The predicted octanol–water partition coefficient (Wildman–Crippen LogP) is 15.4. The van der Waals surface area contributed by atoms with E-state index >= 15 is 0 Å². The molecule has 0 aliphatic heterocycles. The summed E-state index contributed by atoms with van der Waals surface area (Å²) in [5, 5.41) is 9.12. The minimum absolute atomic E-state index is 0.358. The molecule has 12 aromatic rings. The Morgan fingerprint density at radius 3 is 2.00 bits per heavy atom. The van der Waals surface area contributed by atoms with Gasteiger partial charge in [-0.1, -0.05) is 158 Å². The molecule has 0 saturated carbocycles. The molecule has 6 heteroatoms. The van der Waals surface area contributed by atoms with Crippen LogP contribution in [-0.4, -0.2) is 18.4 Å². The standard InChI is InChI=1S/C56H35N3O2S/c1-57-55(38-27-25-36(26-28-38)35-12-3-2-4-13-35)59-56(58-33-34-24-30-41-40-16-7-8-20-46(40)60-49(41)32-34)45-19-10-22-48-53(45)52-43(17-9-21-47(52)61-48)42-18-11-23-50-51(42)44-31-29-37-14-5-6-15-39(37)54(44)62-50/h2-32H,1,33H2/b58-56-,59-55-. The van der Waals surface area contributed by atoms with Gasteiger partial charge in [0, 0.05) is 52.8 Å². The van der Waals surface area contributed by atoms with Gasteiger partial charge in [-0.3, -0.25) is 4.99 Å². The zero-order valence-corrected chi connectivity index (χ0v) is 34.2. The van der Waals surface area contributed by atoms with Crippen LogP contribution in [0.2, 0.25) is 0 Å². The fourth-order valence-corrected chi connectivity index (χ4v) is 10.3. The highest BCUT2D eigenvalue weighted by Gasteiger charge is 2.21. The Hall–Kier alpha value is -7.93. The highest BCUT2D eigenvalue weighted by atomic mass is 32.1. The van der Waals surface area contributed by atoms with Crippen LogP contribution in [0, 0.1) is 0 Å². The third kappa shape index (κ3) is 5.95. The molecule has 5 nitrogen and oxygen atoms in total. The second-order valence-corrected chi connectivity index (χ2v) is 16.6. The van der Waals surface area contributed by atoms with E-state index in [2.05, 4.69) is 139 Å². The van der Waals surface area contributed by atoms with Crippen molar-refractivity contribution in [1.82, 2.24) is 0 Å². The third-order valence-electron chi connectivity index (χ3n) is 11.9.